The number of aromatic nitrogens is 4. The van der Waals surface area contributed by atoms with Gasteiger partial charge in [0, 0.05) is 30.7 Å². The van der Waals surface area contributed by atoms with Gasteiger partial charge >= 0.3 is 6.18 Å². The second-order valence-electron chi connectivity index (χ2n) is 6.23. The molecule has 0 bridgehead atoms. The van der Waals surface area contributed by atoms with Crippen molar-refractivity contribution in [1.82, 2.24) is 19.6 Å². The molecular formula is C16H12ClF4N5O. The Balaban J connectivity index is 1.40. The number of alkyl halides is 4. The zero-order valence-electron chi connectivity index (χ0n) is 13.6. The van der Waals surface area contributed by atoms with Gasteiger partial charge in [0.2, 0.25) is 5.88 Å². The fourth-order valence-electron chi connectivity index (χ4n) is 2.84. The Kier molecular flexibility index (Phi) is 4.10. The third kappa shape index (κ3) is 3.48. The van der Waals surface area contributed by atoms with Crippen molar-refractivity contribution in [3.8, 4) is 5.88 Å². The quantitative estimate of drug-likeness (QED) is 0.627. The lowest BCUT2D eigenvalue weighted by Gasteiger charge is -2.45. The minimum atomic E-state index is -4.48. The summed E-state index contributed by atoms with van der Waals surface area (Å²) in [6.07, 6.45) is -0.636. The predicted molar refractivity (Wildman–Crippen MR) is 88.8 cm³/mol. The van der Waals surface area contributed by atoms with E-state index in [1.165, 1.54) is 4.52 Å². The van der Waals surface area contributed by atoms with E-state index in [9.17, 15) is 17.6 Å². The average molecular weight is 402 g/mol. The summed E-state index contributed by atoms with van der Waals surface area (Å²) in [4.78, 5) is 9.48. The molecular weight excluding hydrogens is 390 g/mol. The van der Waals surface area contributed by atoms with E-state index in [1.54, 1.807) is 23.4 Å². The van der Waals surface area contributed by atoms with Gasteiger partial charge in [-0.1, -0.05) is 11.6 Å². The van der Waals surface area contributed by atoms with Crippen LogP contribution in [0.1, 0.15) is 5.56 Å². The molecule has 1 aliphatic heterocycles. The van der Waals surface area contributed by atoms with E-state index in [2.05, 4.69) is 15.1 Å². The number of pyridine rings is 1. The van der Waals surface area contributed by atoms with E-state index < -0.39 is 17.4 Å². The Morgan fingerprint density at radius 1 is 1.22 bits per heavy atom. The predicted octanol–water partition coefficient (Wildman–Crippen LogP) is 3.40. The van der Waals surface area contributed by atoms with Gasteiger partial charge in [-0.15, -0.1) is 0 Å². The van der Waals surface area contributed by atoms with Crippen molar-refractivity contribution in [3.63, 3.8) is 0 Å². The van der Waals surface area contributed by atoms with Crippen LogP contribution in [-0.4, -0.2) is 44.9 Å². The number of anilines is 1. The molecule has 3 aromatic heterocycles. The van der Waals surface area contributed by atoms with Crippen molar-refractivity contribution in [2.75, 3.05) is 24.6 Å². The summed E-state index contributed by atoms with van der Waals surface area (Å²) in [5.74, 6) is -0.0684. The topological polar surface area (TPSA) is 55.5 Å². The molecule has 0 aliphatic carbocycles. The molecule has 11 heteroatoms. The third-order valence-corrected chi connectivity index (χ3v) is 4.33. The average Bonchev–Trinajstić information content (AvgIpc) is 3.04. The normalized spacial score (nSPS) is 16.4. The second-order valence-corrected chi connectivity index (χ2v) is 6.61. The second kappa shape index (κ2) is 6.22. The van der Waals surface area contributed by atoms with Gasteiger partial charge in [0.25, 0.3) is 0 Å². The number of halogens is 5. The molecule has 1 saturated heterocycles. The van der Waals surface area contributed by atoms with Gasteiger partial charge in [-0.25, -0.2) is 18.9 Å². The number of rotatable bonds is 4. The molecule has 4 heterocycles. The van der Waals surface area contributed by atoms with Gasteiger partial charge in [-0.2, -0.15) is 18.3 Å². The monoisotopic (exact) mass is 401 g/mol. The van der Waals surface area contributed by atoms with Crippen molar-refractivity contribution in [2.45, 2.75) is 11.8 Å². The summed E-state index contributed by atoms with van der Waals surface area (Å²) in [5, 5.41) is 4.31. The lowest BCUT2D eigenvalue weighted by atomic mass is 9.97. The van der Waals surface area contributed by atoms with E-state index in [-0.39, 0.29) is 30.7 Å². The van der Waals surface area contributed by atoms with Crippen LogP contribution in [0.15, 0.2) is 36.8 Å². The van der Waals surface area contributed by atoms with Gasteiger partial charge in [0.15, 0.2) is 16.5 Å². The summed E-state index contributed by atoms with van der Waals surface area (Å²) in [6, 6.07) is 3.51. The van der Waals surface area contributed by atoms with E-state index in [1.807, 2.05) is 0 Å². The molecule has 0 unspecified atom stereocenters. The minimum absolute atomic E-state index is 0.0243. The van der Waals surface area contributed by atoms with Crippen molar-refractivity contribution in [2.24, 2.45) is 0 Å². The van der Waals surface area contributed by atoms with Crippen LogP contribution in [0.25, 0.3) is 5.65 Å². The highest BCUT2D eigenvalue weighted by molar-refractivity contribution is 6.29. The summed E-state index contributed by atoms with van der Waals surface area (Å²) < 4.78 is 59.0. The molecule has 27 heavy (non-hydrogen) atoms. The Labute approximate surface area is 155 Å². The van der Waals surface area contributed by atoms with Gasteiger partial charge in [0.1, 0.15) is 6.61 Å². The largest absolute Gasteiger partial charge is 0.474 e. The van der Waals surface area contributed by atoms with Gasteiger partial charge in [-0.3, -0.25) is 0 Å². The fourth-order valence-corrected chi connectivity index (χ4v) is 3.02. The summed E-state index contributed by atoms with van der Waals surface area (Å²) in [5.41, 5.74) is -1.37. The molecule has 0 spiro atoms. The molecule has 0 atom stereocenters. The van der Waals surface area contributed by atoms with Crippen LogP contribution in [0.2, 0.25) is 5.15 Å². The Hall–Kier alpha value is -2.62. The first-order valence-electron chi connectivity index (χ1n) is 7.83. The highest BCUT2D eigenvalue weighted by Crippen LogP contribution is 2.34. The number of hydrogen-bond acceptors (Lipinski definition) is 5. The van der Waals surface area contributed by atoms with E-state index in [4.69, 9.17) is 16.3 Å². The summed E-state index contributed by atoms with van der Waals surface area (Å²) >= 11 is 5.97. The highest BCUT2D eigenvalue weighted by Gasteiger charge is 2.45. The number of nitrogens with zero attached hydrogens (tertiary/aromatic N) is 5. The standard InChI is InChI=1S/C16H12ClF4N5O/c17-12-5-11(14-22-3-4-26(14)24-12)25-7-15(18,8-25)9-27-13-2-1-10(6-23-13)16(19,20)21/h1-6H,7-9H2. The molecule has 0 saturated carbocycles. The van der Waals surface area contributed by atoms with Crippen LogP contribution in [0.3, 0.4) is 0 Å². The maximum atomic E-state index is 14.8. The van der Waals surface area contributed by atoms with Crippen molar-refractivity contribution in [3.05, 3.63) is 47.5 Å². The molecule has 6 nitrogen and oxygen atoms in total. The molecule has 3 aromatic rings. The van der Waals surface area contributed by atoms with E-state index in [0.29, 0.717) is 17.5 Å². The number of ether oxygens (including phenoxy) is 1. The first kappa shape index (κ1) is 17.8. The first-order valence-corrected chi connectivity index (χ1v) is 8.21. The molecule has 1 fully saturated rings. The molecule has 1 aliphatic rings. The summed E-state index contributed by atoms with van der Waals surface area (Å²) in [6.45, 7) is -0.279. The Morgan fingerprint density at radius 2 is 2.00 bits per heavy atom. The smallest absolute Gasteiger partial charge is 0.417 e. The highest BCUT2D eigenvalue weighted by atomic mass is 35.5. The van der Waals surface area contributed by atoms with Crippen LogP contribution in [0.4, 0.5) is 23.2 Å². The zero-order chi connectivity index (χ0) is 19.2. The van der Waals surface area contributed by atoms with Crippen molar-refractivity contribution < 1.29 is 22.3 Å². The molecule has 0 radical (unpaired) electrons. The summed E-state index contributed by atoms with van der Waals surface area (Å²) in [7, 11) is 0. The van der Waals surface area contributed by atoms with E-state index >= 15 is 0 Å². The lowest BCUT2D eigenvalue weighted by molar-refractivity contribution is -0.137. The van der Waals surface area contributed by atoms with Crippen molar-refractivity contribution >= 4 is 22.9 Å². The van der Waals surface area contributed by atoms with Crippen molar-refractivity contribution in [1.29, 1.82) is 0 Å². The number of hydrogen-bond donors (Lipinski definition) is 0. The zero-order valence-corrected chi connectivity index (χ0v) is 14.4. The van der Waals surface area contributed by atoms with Crippen LogP contribution in [0, 0.1) is 0 Å². The third-order valence-electron chi connectivity index (χ3n) is 4.14. The van der Waals surface area contributed by atoms with Gasteiger partial charge in [-0.05, 0) is 6.07 Å². The van der Waals surface area contributed by atoms with E-state index in [0.717, 1.165) is 12.1 Å². The lowest BCUT2D eigenvalue weighted by Crippen LogP contribution is -2.62. The Bertz CT molecular complexity index is 969. The maximum Gasteiger partial charge on any atom is 0.417 e. The molecule has 0 N–H and O–H groups in total. The van der Waals surface area contributed by atoms with Crippen LogP contribution in [0.5, 0.6) is 5.88 Å². The van der Waals surface area contributed by atoms with Crippen LogP contribution >= 0.6 is 11.6 Å². The fraction of sp³-hybridized carbons (Fsp3) is 0.312. The number of imidazole rings is 1. The molecule has 0 aromatic carbocycles. The maximum absolute atomic E-state index is 14.8. The van der Waals surface area contributed by atoms with Gasteiger partial charge in [0.05, 0.1) is 24.3 Å². The number of fused-ring (bicyclic) bond motifs is 1. The SMILES string of the molecule is FC1(COc2ccc(C(F)(F)F)cn2)CN(c2cc(Cl)nn3ccnc23)C1. The molecule has 4 rings (SSSR count). The first-order chi connectivity index (χ1) is 12.7. The van der Waals surface area contributed by atoms with Crippen LogP contribution in [-0.2, 0) is 6.18 Å². The van der Waals surface area contributed by atoms with Crippen LogP contribution < -0.4 is 9.64 Å². The molecule has 0 amide bonds. The minimum Gasteiger partial charge on any atom is -0.474 e. The molecule has 142 valence electrons. The van der Waals surface area contributed by atoms with Gasteiger partial charge < -0.3 is 9.64 Å². The Morgan fingerprint density at radius 3 is 2.67 bits per heavy atom.